The van der Waals surface area contributed by atoms with Gasteiger partial charge in [0, 0.05) is 16.3 Å². The Hall–Kier alpha value is -3.10. The first kappa shape index (κ1) is 14.8. The van der Waals surface area contributed by atoms with Gasteiger partial charge in [0.25, 0.3) is 5.91 Å². The van der Waals surface area contributed by atoms with E-state index in [2.05, 4.69) is 15.5 Å². The van der Waals surface area contributed by atoms with Gasteiger partial charge in [0.1, 0.15) is 5.69 Å². The van der Waals surface area contributed by atoms with Crippen LogP contribution in [0.1, 0.15) is 16.1 Å². The minimum Gasteiger partial charge on any atom is -0.321 e. The third-order valence-corrected chi connectivity index (χ3v) is 3.46. The molecule has 3 rings (SSSR count). The molecule has 2 N–H and O–H groups in total. The van der Waals surface area contributed by atoms with Crippen LogP contribution in [0.5, 0.6) is 0 Å². The van der Waals surface area contributed by atoms with E-state index < -0.39 is 0 Å². The van der Waals surface area contributed by atoms with Crippen molar-refractivity contribution in [1.82, 2.24) is 10.2 Å². The average Bonchev–Trinajstić information content (AvgIpc) is 3.06. The molecule has 3 aromatic rings. The minimum absolute atomic E-state index is 0.326. The van der Waals surface area contributed by atoms with Crippen molar-refractivity contribution in [2.24, 2.45) is 0 Å². The zero-order chi connectivity index (χ0) is 16.2. The molecule has 23 heavy (non-hydrogen) atoms. The fourth-order valence-electron chi connectivity index (χ4n) is 2.07. The first-order valence-corrected chi connectivity index (χ1v) is 7.16. The summed E-state index contributed by atoms with van der Waals surface area (Å²) in [4.78, 5) is 12.2. The Balaban J connectivity index is 1.78. The van der Waals surface area contributed by atoms with Gasteiger partial charge in [-0.15, -0.1) is 0 Å². The second-order valence-corrected chi connectivity index (χ2v) is 5.26. The highest BCUT2D eigenvalue weighted by Gasteiger charge is 2.11. The lowest BCUT2D eigenvalue weighted by molar-refractivity contribution is 0.102. The van der Waals surface area contributed by atoms with Gasteiger partial charge >= 0.3 is 0 Å². The van der Waals surface area contributed by atoms with Gasteiger partial charge in [-0.2, -0.15) is 10.4 Å². The van der Waals surface area contributed by atoms with E-state index in [0.29, 0.717) is 27.7 Å². The third kappa shape index (κ3) is 3.39. The number of anilines is 1. The molecule has 112 valence electrons. The molecule has 0 saturated heterocycles. The number of H-pyrrole nitrogens is 1. The molecule has 0 unspecified atom stereocenters. The summed E-state index contributed by atoms with van der Waals surface area (Å²) in [7, 11) is 0. The summed E-state index contributed by atoms with van der Waals surface area (Å²) in [6.45, 7) is 0. The Labute approximate surface area is 137 Å². The second-order valence-electron chi connectivity index (χ2n) is 4.82. The van der Waals surface area contributed by atoms with E-state index in [1.165, 1.54) is 0 Å². The molecule has 1 amide bonds. The van der Waals surface area contributed by atoms with Gasteiger partial charge in [-0.05, 0) is 36.4 Å². The fraction of sp³-hybridized carbons (Fsp3) is 0. The standard InChI is InChI=1S/C17H11ClN4O/c18-13-6-4-12(5-7-13)15-9-16(22-21-15)17(23)20-14-3-1-2-11(8-14)10-19/h1-9H,(H,20,23)(H,21,22). The number of halogens is 1. The van der Waals surface area contributed by atoms with Gasteiger partial charge in [-0.25, -0.2) is 0 Å². The van der Waals surface area contributed by atoms with Crippen LogP contribution < -0.4 is 5.32 Å². The van der Waals surface area contributed by atoms with Crippen LogP contribution in [0.4, 0.5) is 5.69 Å². The Kier molecular flexibility index (Phi) is 4.09. The number of benzene rings is 2. The Morgan fingerprint density at radius 3 is 2.70 bits per heavy atom. The Morgan fingerprint density at radius 1 is 1.17 bits per heavy atom. The predicted octanol–water partition coefficient (Wildman–Crippen LogP) is 3.85. The van der Waals surface area contributed by atoms with Crippen molar-refractivity contribution in [1.29, 1.82) is 5.26 Å². The fourth-order valence-corrected chi connectivity index (χ4v) is 2.20. The highest BCUT2D eigenvalue weighted by Crippen LogP contribution is 2.20. The summed E-state index contributed by atoms with van der Waals surface area (Å²) in [6, 6.07) is 17.6. The SMILES string of the molecule is N#Cc1cccc(NC(=O)c2cc(-c3ccc(Cl)cc3)n[nH]2)c1. The van der Waals surface area contributed by atoms with Gasteiger partial charge in [0.05, 0.1) is 17.3 Å². The van der Waals surface area contributed by atoms with Crippen LogP contribution in [0.2, 0.25) is 5.02 Å². The summed E-state index contributed by atoms with van der Waals surface area (Å²) < 4.78 is 0. The lowest BCUT2D eigenvalue weighted by Crippen LogP contribution is -2.12. The smallest absolute Gasteiger partial charge is 0.273 e. The van der Waals surface area contributed by atoms with Crippen LogP contribution in [0.15, 0.2) is 54.6 Å². The molecule has 0 atom stereocenters. The number of nitrogens with zero attached hydrogens (tertiary/aromatic N) is 2. The first-order valence-electron chi connectivity index (χ1n) is 6.78. The van der Waals surface area contributed by atoms with Crippen LogP contribution in [0.25, 0.3) is 11.3 Å². The van der Waals surface area contributed by atoms with E-state index in [4.69, 9.17) is 16.9 Å². The van der Waals surface area contributed by atoms with E-state index in [0.717, 1.165) is 5.56 Å². The monoisotopic (exact) mass is 322 g/mol. The number of amides is 1. The molecule has 0 bridgehead atoms. The van der Waals surface area contributed by atoms with E-state index in [1.807, 2.05) is 18.2 Å². The molecule has 1 aromatic heterocycles. The highest BCUT2D eigenvalue weighted by molar-refractivity contribution is 6.30. The van der Waals surface area contributed by atoms with Crippen molar-refractivity contribution < 1.29 is 4.79 Å². The largest absolute Gasteiger partial charge is 0.321 e. The second kappa shape index (κ2) is 6.34. The van der Waals surface area contributed by atoms with Gasteiger partial charge in [-0.1, -0.05) is 29.8 Å². The molecule has 0 aliphatic heterocycles. The van der Waals surface area contributed by atoms with Gasteiger partial charge in [-0.3, -0.25) is 9.89 Å². The molecule has 0 saturated carbocycles. The van der Waals surface area contributed by atoms with Crippen molar-refractivity contribution >= 4 is 23.2 Å². The van der Waals surface area contributed by atoms with Crippen molar-refractivity contribution in [3.63, 3.8) is 0 Å². The van der Waals surface area contributed by atoms with E-state index in [9.17, 15) is 4.79 Å². The normalized spacial score (nSPS) is 10.1. The van der Waals surface area contributed by atoms with E-state index in [-0.39, 0.29) is 5.91 Å². The zero-order valence-electron chi connectivity index (χ0n) is 11.9. The van der Waals surface area contributed by atoms with E-state index in [1.54, 1.807) is 42.5 Å². The number of hydrogen-bond donors (Lipinski definition) is 2. The number of aromatic amines is 1. The Bertz CT molecular complexity index is 893. The van der Waals surface area contributed by atoms with Gasteiger partial charge < -0.3 is 5.32 Å². The number of rotatable bonds is 3. The lowest BCUT2D eigenvalue weighted by Gasteiger charge is -2.03. The molecule has 1 heterocycles. The Morgan fingerprint density at radius 2 is 1.96 bits per heavy atom. The molecule has 0 spiro atoms. The maximum Gasteiger partial charge on any atom is 0.273 e. The van der Waals surface area contributed by atoms with Crippen molar-refractivity contribution in [2.75, 3.05) is 5.32 Å². The molecule has 0 fully saturated rings. The molecular formula is C17H11ClN4O. The van der Waals surface area contributed by atoms with Crippen LogP contribution in [-0.2, 0) is 0 Å². The number of aromatic nitrogens is 2. The third-order valence-electron chi connectivity index (χ3n) is 3.21. The van der Waals surface area contributed by atoms with Crippen LogP contribution >= 0.6 is 11.6 Å². The maximum absolute atomic E-state index is 12.2. The number of nitrogens with one attached hydrogen (secondary N) is 2. The summed E-state index contributed by atoms with van der Waals surface area (Å²) >= 11 is 5.85. The van der Waals surface area contributed by atoms with Crippen LogP contribution in [0, 0.1) is 11.3 Å². The minimum atomic E-state index is -0.326. The van der Waals surface area contributed by atoms with Crippen LogP contribution in [0.3, 0.4) is 0 Å². The van der Waals surface area contributed by atoms with Gasteiger partial charge in [0.15, 0.2) is 0 Å². The summed E-state index contributed by atoms with van der Waals surface area (Å²) in [5.74, 6) is -0.326. The molecule has 0 aliphatic rings. The maximum atomic E-state index is 12.2. The van der Waals surface area contributed by atoms with Crippen molar-refractivity contribution in [3.05, 3.63) is 70.9 Å². The first-order chi connectivity index (χ1) is 11.2. The molecule has 5 nitrogen and oxygen atoms in total. The summed E-state index contributed by atoms with van der Waals surface area (Å²) in [5.41, 5.74) is 2.87. The van der Waals surface area contributed by atoms with Crippen molar-refractivity contribution in [3.8, 4) is 17.3 Å². The molecule has 6 heteroatoms. The molecular weight excluding hydrogens is 312 g/mol. The lowest BCUT2D eigenvalue weighted by atomic mass is 10.1. The van der Waals surface area contributed by atoms with Crippen LogP contribution in [-0.4, -0.2) is 16.1 Å². The summed E-state index contributed by atoms with van der Waals surface area (Å²) in [6.07, 6.45) is 0. The van der Waals surface area contributed by atoms with Gasteiger partial charge in [0.2, 0.25) is 0 Å². The number of carbonyl (C=O) groups is 1. The highest BCUT2D eigenvalue weighted by atomic mass is 35.5. The number of carbonyl (C=O) groups excluding carboxylic acids is 1. The molecule has 0 radical (unpaired) electrons. The van der Waals surface area contributed by atoms with E-state index >= 15 is 0 Å². The number of nitriles is 1. The van der Waals surface area contributed by atoms with Crippen molar-refractivity contribution in [2.45, 2.75) is 0 Å². The summed E-state index contributed by atoms with van der Waals surface area (Å²) in [5, 5.41) is 19.1. The molecule has 2 aromatic carbocycles. The quantitative estimate of drug-likeness (QED) is 0.768. The predicted molar refractivity (Wildman–Crippen MR) is 88.1 cm³/mol. The average molecular weight is 323 g/mol. The molecule has 0 aliphatic carbocycles. The zero-order valence-corrected chi connectivity index (χ0v) is 12.6. The topological polar surface area (TPSA) is 81.6 Å². The number of hydrogen-bond acceptors (Lipinski definition) is 3.